The van der Waals surface area contributed by atoms with Crippen LogP contribution >= 0.6 is 0 Å². The minimum atomic E-state index is -0.807. The number of aromatic nitrogens is 1. The molecule has 0 fully saturated rings. The van der Waals surface area contributed by atoms with E-state index in [0.29, 0.717) is 11.3 Å². The van der Waals surface area contributed by atoms with E-state index in [2.05, 4.69) is 4.98 Å². The highest BCUT2D eigenvalue weighted by Gasteiger charge is 2.20. The van der Waals surface area contributed by atoms with E-state index in [0.717, 1.165) is 5.56 Å². The molecule has 1 aromatic carbocycles. The summed E-state index contributed by atoms with van der Waals surface area (Å²) in [7, 11) is 0. The lowest BCUT2D eigenvalue weighted by Gasteiger charge is -2.11. The van der Waals surface area contributed by atoms with Crippen LogP contribution in [0.1, 0.15) is 33.3 Å². The lowest BCUT2D eigenvalue weighted by molar-refractivity contribution is 0.0314. The SMILES string of the molecule is Cc1ccc(C(=O)[C@H](C)OC(=O)c2ccc[nH]2)cc1. The lowest BCUT2D eigenvalue weighted by Crippen LogP contribution is -2.24. The van der Waals surface area contributed by atoms with E-state index in [1.807, 2.05) is 19.1 Å². The molecule has 0 radical (unpaired) electrons. The second kappa shape index (κ2) is 5.52. The molecule has 4 nitrogen and oxygen atoms in total. The average molecular weight is 257 g/mol. The molecule has 0 unspecified atom stereocenters. The van der Waals surface area contributed by atoms with Crippen LogP contribution < -0.4 is 0 Å². The van der Waals surface area contributed by atoms with Crippen LogP contribution in [0.3, 0.4) is 0 Å². The van der Waals surface area contributed by atoms with Gasteiger partial charge in [-0.25, -0.2) is 4.79 Å². The zero-order chi connectivity index (χ0) is 13.8. The number of nitrogens with one attached hydrogen (secondary N) is 1. The fourth-order valence-electron chi connectivity index (χ4n) is 1.69. The van der Waals surface area contributed by atoms with Crippen molar-refractivity contribution in [3.8, 4) is 0 Å². The molecular weight excluding hydrogens is 242 g/mol. The predicted octanol–water partition coefficient (Wildman–Crippen LogP) is 2.75. The molecule has 0 aliphatic heterocycles. The van der Waals surface area contributed by atoms with Gasteiger partial charge in [-0.15, -0.1) is 0 Å². The first-order valence-electron chi connectivity index (χ1n) is 6.03. The van der Waals surface area contributed by atoms with Crippen molar-refractivity contribution in [3.63, 3.8) is 0 Å². The molecule has 1 heterocycles. The smallest absolute Gasteiger partial charge is 0.355 e. The van der Waals surface area contributed by atoms with Crippen molar-refractivity contribution in [2.75, 3.05) is 0 Å². The molecule has 19 heavy (non-hydrogen) atoms. The highest BCUT2D eigenvalue weighted by molar-refractivity contribution is 6.01. The van der Waals surface area contributed by atoms with Crippen LogP contribution in [0.4, 0.5) is 0 Å². The van der Waals surface area contributed by atoms with Gasteiger partial charge in [0, 0.05) is 11.8 Å². The number of H-pyrrole nitrogens is 1. The van der Waals surface area contributed by atoms with Crippen molar-refractivity contribution in [3.05, 3.63) is 59.4 Å². The number of aromatic amines is 1. The Labute approximate surface area is 111 Å². The Kier molecular flexibility index (Phi) is 3.80. The Morgan fingerprint density at radius 1 is 1.16 bits per heavy atom. The summed E-state index contributed by atoms with van der Waals surface area (Å²) in [6.45, 7) is 3.52. The summed E-state index contributed by atoms with van der Waals surface area (Å²) in [5, 5.41) is 0. The molecular formula is C15H15NO3. The van der Waals surface area contributed by atoms with E-state index in [1.165, 1.54) is 0 Å². The van der Waals surface area contributed by atoms with E-state index >= 15 is 0 Å². The number of benzene rings is 1. The minimum absolute atomic E-state index is 0.208. The van der Waals surface area contributed by atoms with Crippen LogP contribution in [0.25, 0.3) is 0 Å². The van der Waals surface area contributed by atoms with Gasteiger partial charge in [0.2, 0.25) is 5.78 Å². The molecule has 0 saturated heterocycles. The van der Waals surface area contributed by atoms with Gasteiger partial charge in [-0.05, 0) is 26.0 Å². The summed E-state index contributed by atoms with van der Waals surface area (Å²) >= 11 is 0. The fourth-order valence-corrected chi connectivity index (χ4v) is 1.69. The Morgan fingerprint density at radius 2 is 1.84 bits per heavy atom. The molecule has 2 aromatic rings. The second-order valence-electron chi connectivity index (χ2n) is 4.36. The molecule has 0 bridgehead atoms. The molecule has 1 N–H and O–H groups in total. The number of aryl methyl sites for hydroxylation is 1. The van der Waals surface area contributed by atoms with E-state index in [4.69, 9.17) is 4.74 Å². The third-order valence-electron chi connectivity index (χ3n) is 2.81. The first kappa shape index (κ1) is 13.1. The van der Waals surface area contributed by atoms with Gasteiger partial charge in [0.15, 0.2) is 6.10 Å². The first-order valence-corrected chi connectivity index (χ1v) is 6.03. The topological polar surface area (TPSA) is 59.2 Å². The van der Waals surface area contributed by atoms with Gasteiger partial charge in [-0.3, -0.25) is 4.79 Å². The van der Waals surface area contributed by atoms with Crippen LogP contribution in [-0.4, -0.2) is 22.8 Å². The average Bonchev–Trinajstić information content (AvgIpc) is 2.92. The number of carbonyl (C=O) groups is 2. The molecule has 98 valence electrons. The molecule has 1 atom stereocenters. The molecule has 0 spiro atoms. The number of hydrogen-bond acceptors (Lipinski definition) is 3. The monoisotopic (exact) mass is 257 g/mol. The van der Waals surface area contributed by atoms with Gasteiger partial charge in [-0.1, -0.05) is 29.8 Å². The van der Waals surface area contributed by atoms with Crippen molar-refractivity contribution >= 4 is 11.8 Å². The lowest BCUT2D eigenvalue weighted by atomic mass is 10.1. The van der Waals surface area contributed by atoms with Crippen molar-refractivity contribution in [2.24, 2.45) is 0 Å². The van der Waals surface area contributed by atoms with Gasteiger partial charge < -0.3 is 9.72 Å². The minimum Gasteiger partial charge on any atom is -0.450 e. The highest BCUT2D eigenvalue weighted by Crippen LogP contribution is 2.10. The van der Waals surface area contributed by atoms with E-state index in [-0.39, 0.29) is 5.78 Å². The number of ketones is 1. The molecule has 2 rings (SSSR count). The van der Waals surface area contributed by atoms with Crippen LogP contribution in [0.15, 0.2) is 42.6 Å². The van der Waals surface area contributed by atoms with Crippen molar-refractivity contribution in [2.45, 2.75) is 20.0 Å². The van der Waals surface area contributed by atoms with Crippen LogP contribution in [0.2, 0.25) is 0 Å². The first-order chi connectivity index (χ1) is 9.08. The van der Waals surface area contributed by atoms with Crippen molar-refractivity contribution in [1.82, 2.24) is 4.98 Å². The summed E-state index contributed by atoms with van der Waals surface area (Å²) in [4.78, 5) is 26.5. The second-order valence-corrected chi connectivity index (χ2v) is 4.36. The summed E-state index contributed by atoms with van der Waals surface area (Å²) in [5.74, 6) is -0.738. The quantitative estimate of drug-likeness (QED) is 0.676. The van der Waals surface area contributed by atoms with Gasteiger partial charge in [0.05, 0.1) is 0 Å². The molecule has 0 aliphatic rings. The highest BCUT2D eigenvalue weighted by atomic mass is 16.5. The largest absolute Gasteiger partial charge is 0.450 e. The fraction of sp³-hybridized carbons (Fsp3) is 0.200. The van der Waals surface area contributed by atoms with Crippen LogP contribution in [0, 0.1) is 6.92 Å². The molecule has 4 heteroatoms. The van der Waals surface area contributed by atoms with Gasteiger partial charge in [0.25, 0.3) is 0 Å². The number of carbonyl (C=O) groups excluding carboxylic acids is 2. The Hall–Kier alpha value is -2.36. The predicted molar refractivity (Wildman–Crippen MR) is 71.2 cm³/mol. The normalized spacial score (nSPS) is 11.9. The molecule has 0 aliphatic carbocycles. The van der Waals surface area contributed by atoms with E-state index in [1.54, 1.807) is 37.4 Å². The van der Waals surface area contributed by atoms with Gasteiger partial charge >= 0.3 is 5.97 Å². The zero-order valence-electron chi connectivity index (χ0n) is 10.8. The number of rotatable bonds is 4. The van der Waals surface area contributed by atoms with E-state index < -0.39 is 12.1 Å². The number of Topliss-reactive ketones (excluding diaryl/α,β-unsaturated/α-hetero) is 1. The Bertz CT molecular complexity index is 570. The van der Waals surface area contributed by atoms with Crippen LogP contribution in [0.5, 0.6) is 0 Å². The molecule has 1 aromatic heterocycles. The van der Waals surface area contributed by atoms with Gasteiger partial charge in [0.1, 0.15) is 5.69 Å². The summed E-state index contributed by atoms with van der Waals surface area (Å²) in [6.07, 6.45) is 0.821. The maximum atomic E-state index is 12.1. The Balaban J connectivity index is 2.03. The summed E-state index contributed by atoms with van der Waals surface area (Å²) < 4.78 is 5.12. The molecule has 0 amide bonds. The van der Waals surface area contributed by atoms with Crippen molar-refractivity contribution < 1.29 is 14.3 Å². The summed E-state index contributed by atoms with van der Waals surface area (Å²) in [6, 6.07) is 10.5. The zero-order valence-corrected chi connectivity index (χ0v) is 10.8. The molecule has 0 saturated carbocycles. The third kappa shape index (κ3) is 3.10. The number of hydrogen-bond donors (Lipinski definition) is 1. The van der Waals surface area contributed by atoms with Crippen LogP contribution in [-0.2, 0) is 4.74 Å². The number of esters is 1. The standard InChI is InChI=1S/C15H15NO3/c1-10-5-7-12(8-6-10)14(17)11(2)19-15(18)13-4-3-9-16-13/h3-9,11,16H,1-2H3/t11-/m0/s1. The summed E-state index contributed by atoms with van der Waals surface area (Å²) in [5.41, 5.74) is 1.95. The number of ether oxygens (including phenoxy) is 1. The maximum absolute atomic E-state index is 12.1. The third-order valence-corrected chi connectivity index (χ3v) is 2.81. The maximum Gasteiger partial charge on any atom is 0.355 e. The van der Waals surface area contributed by atoms with Crippen molar-refractivity contribution in [1.29, 1.82) is 0 Å². The van der Waals surface area contributed by atoms with E-state index in [9.17, 15) is 9.59 Å². The van der Waals surface area contributed by atoms with Gasteiger partial charge in [-0.2, -0.15) is 0 Å². The Morgan fingerprint density at radius 3 is 2.42 bits per heavy atom.